The molecule has 0 amide bonds. The number of hydrogen-bond acceptors (Lipinski definition) is 8. The van der Waals surface area contributed by atoms with Crippen molar-refractivity contribution in [2.24, 2.45) is 11.8 Å². The molecule has 0 aromatic carbocycles. The molecule has 0 aromatic rings. The zero-order valence-electron chi connectivity index (χ0n) is 37.9. The zero-order valence-corrected chi connectivity index (χ0v) is 40.7. The summed E-state index contributed by atoms with van der Waals surface area (Å²) in [6.07, 6.45) is 35.8. The molecule has 0 aromatic heterocycles. The summed E-state index contributed by atoms with van der Waals surface area (Å²) in [5.41, 5.74) is 0. The van der Waals surface area contributed by atoms with Crippen molar-refractivity contribution < 1.29 is 34.8 Å². The van der Waals surface area contributed by atoms with Crippen LogP contribution >= 0.6 is 0 Å². The van der Waals surface area contributed by atoms with E-state index in [1.165, 1.54) is 77.0 Å². The van der Waals surface area contributed by atoms with Gasteiger partial charge in [-0.2, -0.15) is 0 Å². The van der Waals surface area contributed by atoms with E-state index >= 15 is 0 Å². The third-order valence-corrected chi connectivity index (χ3v) is 20.1. The van der Waals surface area contributed by atoms with Gasteiger partial charge in [0.25, 0.3) is 0 Å². The Balaban J connectivity index is 5.63. The fraction of sp³-hybridized carbons (Fsp3) is 0.833. The molecule has 0 aliphatic rings. The van der Waals surface area contributed by atoms with Gasteiger partial charge in [-0.15, -0.1) is 0 Å². The second kappa shape index (κ2) is 39.6. The monoisotopic (exact) mass is 913 g/mol. The van der Waals surface area contributed by atoms with Gasteiger partial charge in [0, 0.05) is 0 Å². The molecule has 0 heterocycles. The van der Waals surface area contributed by atoms with Crippen LogP contribution in [0.4, 0.5) is 0 Å². The molecule has 0 rings (SSSR count). The van der Waals surface area contributed by atoms with Crippen LogP contribution in [-0.2, 0) is 34.8 Å². The van der Waals surface area contributed by atoms with Crippen molar-refractivity contribution in [1.29, 1.82) is 0 Å². The molecule has 9 heteroatoms. The normalized spacial score (nSPS) is 11.9. The van der Waals surface area contributed by atoms with Crippen LogP contribution in [0.2, 0.25) is 8.87 Å². The van der Waals surface area contributed by atoms with E-state index in [2.05, 4.69) is 41.5 Å². The molecule has 0 radical (unpaired) electrons. The van der Waals surface area contributed by atoms with Crippen LogP contribution in [0.25, 0.3) is 0 Å². The minimum absolute atomic E-state index is 0.307. The number of rotatable bonds is 40. The van der Waals surface area contributed by atoms with Gasteiger partial charge in [0.15, 0.2) is 0 Å². The second-order valence-electron chi connectivity index (χ2n) is 17.1. The Kier molecular flexibility index (Phi) is 38.3. The van der Waals surface area contributed by atoms with Gasteiger partial charge >= 0.3 is 330 Å². The summed E-state index contributed by atoms with van der Waals surface area (Å²) < 4.78 is 24.2. The van der Waals surface area contributed by atoms with Gasteiger partial charge in [-0.05, 0) is 0 Å². The van der Waals surface area contributed by atoms with Crippen molar-refractivity contribution in [3.05, 3.63) is 24.3 Å². The minimum atomic E-state index is -4.44. The average molecular weight is 912 g/mol. The number of unbranched alkanes of at least 4 members (excludes halogenated alkanes) is 22. The summed E-state index contributed by atoms with van der Waals surface area (Å²) in [4.78, 5) is 51.5. The van der Waals surface area contributed by atoms with Gasteiger partial charge in [-0.25, -0.2) is 0 Å². The van der Waals surface area contributed by atoms with Crippen molar-refractivity contribution >= 4 is 43.1 Å². The zero-order chi connectivity index (χ0) is 42.2. The molecular weight excluding hydrogens is 823 g/mol. The third kappa shape index (κ3) is 38.1. The smallest absolute Gasteiger partial charge is 0.0628 e. The van der Waals surface area contributed by atoms with E-state index in [9.17, 15) is 19.2 Å². The van der Waals surface area contributed by atoms with Crippen molar-refractivity contribution in [3.63, 3.8) is 0 Å². The first-order valence-electron chi connectivity index (χ1n) is 23.7. The molecule has 0 N–H and O–H groups in total. The quantitative estimate of drug-likeness (QED) is 0.0259. The summed E-state index contributed by atoms with van der Waals surface area (Å²) in [7, 11) is 0. The van der Waals surface area contributed by atoms with Crippen LogP contribution in [0, 0.1) is 11.8 Å². The molecule has 57 heavy (non-hydrogen) atoms. The Bertz CT molecular complexity index is 971. The van der Waals surface area contributed by atoms with E-state index in [1.807, 2.05) is 0 Å². The van der Waals surface area contributed by atoms with Gasteiger partial charge in [-0.1, -0.05) is 27.7 Å². The fourth-order valence-electron chi connectivity index (χ4n) is 6.92. The molecule has 0 saturated carbocycles. The Hall–Kier alpha value is -1.84. The van der Waals surface area contributed by atoms with Gasteiger partial charge in [0.2, 0.25) is 0 Å². The number of esters is 2. The SMILES string of the molecule is CCCCCCCCCCC[CH2][Sn]([CH2]CCCCCCCCCCC)([O]C(=O)/C=C\C(=O)OCCCCCC(C)C)[O]C(=O)/C=C\C(=O)OCCCCCC(C)C. The maximum absolute atomic E-state index is 13.3. The molecule has 0 aliphatic heterocycles. The standard InChI is InChI=1S/2C12H20O4.2C12H25.Sn/c2*1-10(2)6-4-3-5-9-16-12(15)8-7-11(13)14;2*1-3-5-7-9-11-12-10-8-6-4-2;/h2*7-8,10H,3-6,9H2,1-2H3,(H,13,14);2*1,3-12H2,2H3;/q;;;;+2/p-2/b2*8-7-;;;. The molecule has 0 spiro atoms. The Morgan fingerprint density at radius 2 is 0.667 bits per heavy atom. The predicted octanol–water partition coefficient (Wildman–Crippen LogP) is 14.0. The Morgan fingerprint density at radius 3 is 0.982 bits per heavy atom. The topological polar surface area (TPSA) is 105 Å². The number of ether oxygens (including phenoxy) is 2. The van der Waals surface area contributed by atoms with E-state index in [0.717, 1.165) is 127 Å². The van der Waals surface area contributed by atoms with E-state index < -0.39 is 43.1 Å². The van der Waals surface area contributed by atoms with Crippen LogP contribution in [-0.4, -0.2) is 56.3 Å². The summed E-state index contributed by atoms with van der Waals surface area (Å²) in [6.45, 7) is 13.9. The van der Waals surface area contributed by atoms with E-state index in [0.29, 0.717) is 33.9 Å². The fourth-order valence-corrected chi connectivity index (χ4v) is 15.9. The van der Waals surface area contributed by atoms with Crippen molar-refractivity contribution in [2.45, 2.75) is 230 Å². The van der Waals surface area contributed by atoms with Gasteiger partial charge in [0.05, 0.1) is 0 Å². The second-order valence-corrected chi connectivity index (χ2v) is 26.3. The van der Waals surface area contributed by atoms with E-state index in [4.69, 9.17) is 15.6 Å². The van der Waals surface area contributed by atoms with E-state index in [1.54, 1.807) is 0 Å². The van der Waals surface area contributed by atoms with Crippen molar-refractivity contribution in [1.82, 2.24) is 0 Å². The first-order valence-corrected chi connectivity index (χ1v) is 30.1. The van der Waals surface area contributed by atoms with Crippen LogP contribution < -0.4 is 0 Å². The van der Waals surface area contributed by atoms with Crippen LogP contribution in [0.3, 0.4) is 0 Å². The van der Waals surface area contributed by atoms with E-state index in [-0.39, 0.29) is 0 Å². The minimum Gasteiger partial charge on any atom is -0.0628 e. The molecule has 0 atom stereocenters. The van der Waals surface area contributed by atoms with Gasteiger partial charge in [0.1, 0.15) is 0 Å². The first-order chi connectivity index (χ1) is 27.5. The Labute approximate surface area is 355 Å². The number of carbonyl (C=O) groups is 4. The average Bonchev–Trinajstić information content (AvgIpc) is 3.17. The summed E-state index contributed by atoms with van der Waals surface area (Å²) in [5.74, 6) is -1.21. The summed E-state index contributed by atoms with van der Waals surface area (Å²) >= 11 is -4.44. The molecule has 0 aliphatic carbocycles. The van der Waals surface area contributed by atoms with Crippen molar-refractivity contribution in [3.8, 4) is 0 Å². The summed E-state index contributed by atoms with van der Waals surface area (Å²) in [6, 6.07) is 0. The summed E-state index contributed by atoms with van der Waals surface area (Å²) in [5, 5.41) is 0. The third-order valence-electron chi connectivity index (χ3n) is 10.4. The molecular formula is C48H88O8Sn. The van der Waals surface area contributed by atoms with Gasteiger partial charge in [-0.3, -0.25) is 0 Å². The van der Waals surface area contributed by atoms with Gasteiger partial charge < -0.3 is 0 Å². The molecule has 8 nitrogen and oxygen atoms in total. The predicted molar refractivity (Wildman–Crippen MR) is 238 cm³/mol. The molecule has 0 saturated heterocycles. The van der Waals surface area contributed by atoms with Crippen LogP contribution in [0.15, 0.2) is 24.3 Å². The maximum atomic E-state index is 13.3. The molecule has 0 unspecified atom stereocenters. The molecule has 332 valence electrons. The number of carbonyl (C=O) groups excluding carboxylic acids is 4. The van der Waals surface area contributed by atoms with Crippen LogP contribution in [0.1, 0.15) is 221 Å². The first kappa shape index (κ1) is 55.2. The molecule has 0 bridgehead atoms. The van der Waals surface area contributed by atoms with Crippen LogP contribution in [0.5, 0.6) is 0 Å². The van der Waals surface area contributed by atoms with Crippen molar-refractivity contribution in [2.75, 3.05) is 13.2 Å². The Morgan fingerprint density at radius 1 is 0.386 bits per heavy atom. The molecule has 0 fully saturated rings. The number of hydrogen-bond donors (Lipinski definition) is 0.